The van der Waals surface area contributed by atoms with E-state index in [2.05, 4.69) is 20.5 Å². The van der Waals surface area contributed by atoms with Gasteiger partial charge in [-0.05, 0) is 36.5 Å². The number of phenols is 2. The molecule has 0 aliphatic carbocycles. The Bertz CT molecular complexity index is 2180. The molecule has 352 valence electrons. The molecule has 4 unspecified atom stereocenters. The third kappa shape index (κ3) is 11.9. The van der Waals surface area contributed by atoms with Crippen molar-refractivity contribution in [1.82, 2.24) is 55.1 Å². The molecular formula is C43H59N11O11. The third-order valence-electron chi connectivity index (χ3n) is 12.1. The topological polar surface area (TPSA) is 239 Å². The summed E-state index contributed by atoms with van der Waals surface area (Å²) in [7, 11) is 0. The number of rotatable bonds is 12. The summed E-state index contributed by atoms with van der Waals surface area (Å²) >= 11 is 0. The van der Waals surface area contributed by atoms with Gasteiger partial charge in [0.2, 0.25) is 11.3 Å². The van der Waals surface area contributed by atoms with E-state index in [1.54, 1.807) is 13.0 Å². The molecule has 22 nitrogen and oxygen atoms in total. The molecule has 0 saturated carbocycles. The van der Waals surface area contributed by atoms with Crippen LogP contribution in [0, 0.1) is 0 Å². The minimum absolute atomic E-state index is 0.0203. The zero-order chi connectivity index (χ0) is 46.2. The van der Waals surface area contributed by atoms with Crippen LogP contribution in [0.25, 0.3) is 16.9 Å². The highest BCUT2D eigenvalue weighted by molar-refractivity contribution is 5.98. The van der Waals surface area contributed by atoms with Crippen molar-refractivity contribution in [3.05, 3.63) is 53.2 Å². The normalized spacial score (nSPS) is 23.2. The zero-order valence-electron chi connectivity index (χ0n) is 37.1. The van der Waals surface area contributed by atoms with Crippen molar-refractivity contribution in [1.29, 1.82) is 0 Å². The van der Waals surface area contributed by atoms with E-state index in [1.165, 1.54) is 10.7 Å². The fraction of sp³-hybridized carbons (Fsp3) is 0.558. The molecule has 22 heteroatoms. The summed E-state index contributed by atoms with van der Waals surface area (Å²) in [6.07, 6.45) is 0.569. The lowest BCUT2D eigenvalue weighted by molar-refractivity contribution is -0.464. The Morgan fingerprint density at radius 3 is 1.98 bits per heavy atom. The molecule has 2 amide bonds. The number of amides is 2. The molecule has 2 aromatic carbocycles. The highest BCUT2D eigenvalue weighted by Gasteiger charge is 2.33. The highest BCUT2D eigenvalue weighted by atomic mass is 17.2. The Labute approximate surface area is 376 Å². The number of aromatic nitrogens is 3. The Hall–Kier alpha value is -5.75. The van der Waals surface area contributed by atoms with Gasteiger partial charge in [0.25, 0.3) is 5.91 Å². The van der Waals surface area contributed by atoms with Crippen molar-refractivity contribution >= 4 is 29.7 Å². The first-order valence-corrected chi connectivity index (χ1v) is 22.1. The van der Waals surface area contributed by atoms with Crippen LogP contribution in [-0.4, -0.2) is 206 Å². The summed E-state index contributed by atoms with van der Waals surface area (Å²) in [5, 5.41) is 43.4. The van der Waals surface area contributed by atoms with Gasteiger partial charge in [0.15, 0.2) is 5.69 Å². The molecule has 4 N–H and O–H groups in total. The molecule has 5 heterocycles. The number of aromatic hydroxyl groups is 2. The van der Waals surface area contributed by atoms with Crippen LogP contribution >= 0.6 is 0 Å². The van der Waals surface area contributed by atoms with Crippen molar-refractivity contribution in [2.75, 3.05) is 105 Å². The number of carbonyl (C=O) groups is 5. The van der Waals surface area contributed by atoms with E-state index >= 15 is 0 Å². The SMILES string of the molecule is CCNC(=O)c1nnn(-c2cc(C(C)C)c(O)cc2O)c1-c1ccc(CN2CCN(C(=O)CC[C@H](CO)N3CCN4CCN5CCN(CC(=O)ON(OC(=O)C5)OC(=O)C4)C3)CC2)cc1. The molecular weight excluding hydrogens is 847 g/mol. The van der Waals surface area contributed by atoms with E-state index in [1.807, 2.05) is 62.6 Å². The lowest BCUT2D eigenvalue weighted by atomic mass is 10.0. The predicted molar refractivity (Wildman–Crippen MR) is 230 cm³/mol. The number of hydrogen-bond donors (Lipinski definition) is 4. The van der Waals surface area contributed by atoms with Crippen LogP contribution in [0.1, 0.15) is 61.1 Å². The van der Waals surface area contributed by atoms with Crippen LogP contribution in [0.15, 0.2) is 36.4 Å². The maximum atomic E-state index is 13.6. The Morgan fingerprint density at radius 2 is 1.38 bits per heavy atom. The summed E-state index contributed by atoms with van der Waals surface area (Å²) < 4.78 is 1.42. The molecule has 0 spiro atoms. The van der Waals surface area contributed by atoms with Gasteiger partial charge in [-0.25, -0.2) is 19.1 Å². The molecule has 4 aliphatic rings. The maximum Gasteiger partial charge on any atom is 0.346 e. The largest absolute Gasteiger partial charge is 0.508 e. The number of nitrogens with zero attached hydrogens (tertiary/aromatic N) is 10. The molecule has 4 saturated heterocycles. The predicted octanol–water partition coefficient (Wildman–Crippen LogP) is -0.113. The van der Waals surface area contributed by atoms with E-state index in [0.29, 0.717) is 102 Å². The van der Waals surface area contributed by atoms with Gasteiger partial charge in [-0.1, -0.05) is 43.3 Å². The molecule has 4 aliphatic heterocycles. The van der Waals surface area contributed by atoms with Crippen molar-refractivity contribution < 1.29 is 53.8 Å². The molecule has 1 aromatic heterocycles. The molecule has 3 aromatic rings. The lowest BCUT2D eigenvalue weighted by Gasteiger charge is -2.37. The minimum atomic E-state index is -0.805. The van der Waals surface area contributed by atoms with E-state index in [9.17, 15) is 39.3 Å². The molecule has 7 rings (SSSR count). The number of carbonyl (C=O) groups excluding carboxylic acids is 5. The molecule has 65 heavy (non-hydrogen) atoms. The Balaban J connectivity index is 0.970. The molecule has 0 radical (unpaired) electrons. The fourth-order valence-corrected chi connectivity index (χ4v) is 8.48. The van der Waals surface area contributed by atoms with Crippen molar-refractivity contribution in [2.45, 2.75) is 52.1 Å². The van der Waals surface area contributed by atoms with Crippen molar-refractivity contribution in [3.63, 3.8) is 0 Å². The molecule has 5 atom stereocenters. The van der Waals surface area contributed by atoms with Crippen LogP contribution in [0.3, 0.4) is 0 Å². The van der Waals surface area contributed by atoms with Crippen LogP contribution in [0.4, 0.5) is 0 Å². The molecule has 4 bridgehead atoms. The summed E-state index contributed by atoms with van der Waals surface area (Å²) in [4.78, 5) is 92.1. The van der Waals surface area contributed by atoms with E-state index in [-0.39, 0.29) is 79.4 Å². The summed E-state index contributed by atoms with van der Waals surface area (Å²) in [5.74, 6) is -3.06. The van der Waals surface area contributed by atoms with Crippen LogP contribution in [0.5, 0.6) is 11.5 Å². The average Bonchev–Trinajstić information content (AvgIpc) is 3.68. The highest BCUT2D eigenvalue weighted by Crippen LogP contribution is 2.36. The number of aliphatic hydroxyl groups excluding tert-OH is 1. The second-order valence-corrected chi connectivity index (χ2v) is 17.0. The van der Waals surface area contributed by atoms with Gasteiger partial charge >= 0.3 is 17.9 Å². The van der Waals surface area contributed by atoms with Crippen LogP contribution in [-0.2, 0) is 40.2 Å². The van der Waals surface area contributed by atoms with Crippen molar-refractivity contribution in [2.24, 2.45) is 0 Å². The zero-order valence-corrected chi connectivity index (χ0v) is 37.1. The monoisotopic (exact) mass is 905 g/mol. The molecule has 4 fully saturated rings. The summed E-state index contributed by atoms with van der Waals surface area (Å²) in [6, 6.07) is 10.2. The average molecular weight is 906 g/mol. The number of hydrogen-bond acceptors (Lipinski definition) is 19. The van der Waals surface area contributed by atoms with Crippen LogP contribution in [0.2, 0.25) is 0 Å². The smallest absolute Gasteiger partial charge is 0.346 e. The van der Waals surface area contributed by atoms with Gasteiger partial charge in [0, 0.05) is 103 Å². The Morgan fingerprint density at radius 1 is 0.785 bits per heavy atom. The number of phenolic OH excluding ortho intramolecular Hbond substituents is 2. The first-order valence-electron chi connectivity index (χ1n) is 22.1. The van der Waals surface area contributed by atoms with Gasteiger partial charge < -0.3 is 25.5 Å². The second kappa shape index (κ2) is 21.5. The second-order valence-electron chi connectivity index (χ2n) is 17.0. The number of fused-ring (bicyclic) bond motifs is 7. The van der Waals surface area contributed by atoms with E-state index in [0.717, 1.165) is 5.56 Å². The first kappa shape index (κ1) is 47.2. The first-order chi connectivity index (χ1) is 31.3. The maximum absolute atomic E-state index is 13.6. The van der Waals surface area contributed by atoms with E-state index < -0.39 is 29.9 Å². The standard InChI is InChI=1S/C43H59N11O11/c1-4-44-43(62)41-42(53(46-45-41)34-21-33(29(2)3)35(56)22-36(34)57)31-7-5-30(6-8-31)23-47-15-18-51(19-16-47)37(58)10-9-32(27-55)52-20-17-49-12-11-48-13-14-50(28-52)26-40(61)65-54(63-38(59)24-48)64-39(60)25-49/h5-8,21-22,29,32,55-57H,4,9-20,23-28H2,1-3H3,(H,44,62)/t32-/m1/s1. The summed E-state index contributed by atoms with van der Waals surface area (Å²) in [6.45, 7) is 11.1. The van der Waals surface area contributed by atoms with Crippen LogP contribution < -0.4 is 5.32 Å². The van der Waals surface area contributed by atoms with Gasteiger partial charge in [-0.2, -0.15) is 0 Å². The third-order valence-corrected chi connectivity index (χ3v) is 12.1. The number of benzene rings is 2. The quantitative estimate of drug-likeness (QED) is 0.185. The lowest BCUT2D eigenvalue weighted by Crippen LogP contribution is -2.51. The minimum Gasteiger partial charge on any atom is -0.508 e. The summed E-state index contributed by atoms with van der Waals surface area (Å²) in [5.41, 5.74) is 3.04. The fourth-order valence-electron chi connectivity index (χ4n) is 8.48. The number of piperazine rings is 1. The Kier molecular flexibility index (Phi) is 15.6. The van der Waals surface area contributed by atoms with Gasteiger partial charge in [0.1, 0.15) is 29.4 Å². The van der Waals surface area contributed by atoms with Gasteiger partial charge in [-0.3, -0.25) is 48.6 Å². The van der Waals surface area contributed by atoms with Gasteiger partial charge in [0.05, 0.1) is 26.4 Å². The van der Waals surface area contributed by atoms with Crippen molar-refractivity contribution in [3.8, 4) is 28.4 Å². The van der Waals surface area contributed by atoms with E-state index in [4.69, 9.17) is 14.5 Å². The number of aliphatic hydroxyl groups is 1. The number of nitrogens with one attached hydrogen (secondary N) is 1. The van der Waals surface area contributed by atoms with Gasteiger partial charge in [-0.15, -0.1) is 5.10 Å².